The van der Waals surface area contributed by atoms with Crippen LogP contribution >= 0.6 is 0 Å². The van der Waals surface area contributed by atoms with Crippen LogP contribution in [0.25, 0.3) is 0 Å². The molecule has 0 saturated heterocycles. The molecule has 6 nitrogen and oxygen atoms in total. The molecule has 1 aromatic heterocycles. The van der Waals surface area contributed by atoms with Crippen LogP contribution in [0, 0.1) is 0 Å². The minimum atomic E-state index is -1.25. The summed E-state index contributed by atoms with van der Waals surface area (Å²) in [6, 6.07) is 17.7. The molecule has 2 N–H and O–H groups in total. The summed E-state index contributed by atoms with van der Waals surface area (Å²) in [7, 11) is 0. The van der Waals surface area contributed by atoms with Crippen LogP contribution in [0.1, 0.15) is 72.5 Å². The van der Waals surface area contributed by atoms with Crippen molar-refractivity contribution in [3.63, 3.8) is 0 Å². The van der Waals surface area contributed by atoms with E-state index in [4.69, 9.17) is 4.98 Å². The van der Waals surface area contributed by atoms with E-state index in [-0.39, 0.29) is 23.4 Å². The molecule has 1 aliphatic heterocycles. The number of fused-ring (bicyclic) bond motifs is 1. The van der Waals surface area contributed by atoms with E-state index in [0.717, 1.165) is 29.9 Å². The number of aliphatic hydroxyl groups is 1. The fourth-order valence-corrected chi connectivity index (χ4v) is 4.79. The van der Waals surface area contributed by atoms with Crippen molar-refractivity contribution in [2.24, 2.45) is 0 Å². The Morgan fingerprint density at radius 2 is 1.82 bits per heavy atom. The largest absolute Gasteiger partial charge is 0.378 e. The van der Waals surface area contributed by atoms with Crippen LogP contribution in [0.5, 0.6) is 0 Å². The Bertz CT molecular complexity index is 1240. The summed E-state index contributed by atoms with van der Waals surface area (Å²) in [6.07, 6.45) is 1.18. The van der Waals surface area contributed by atoms with Crippen LogP contribution in [0.15, 0.2) is 59.4 Å². The molecule has 33 heavy (non-hydrogen) atoms. The topological polar surface area (TPSA) is 86.3 Å². The molecule has 0 bridgehead atoms. The molecule has 1 atom stereocenters. The fourth-order valence-electron chi connectivity index (χ4n) is 4.79. The highest BCUT2D eigenvalue weighted by Crippen LogP contribution is 2.51. The van der Waals surface area contributed by atoms with Crippen molar-refractivity contribution in [1.82, 2.24) is 14.9 Å². The molecule has 6 heteroatoms. The van der Waals surface area contributed by atoms with Gasteiger partial charge in [0.15, 0.2) is 6.10 Å². The number of amides is 1. The highest BCUT2D eigenvalue weighted by molar-refractivity contribution is 5.82. The zero-order chi connectivity index (χ0) is 23.2. The first-order valence-electron chi connectivity index (χ1n) is 11.6. The fraction of sp³-hybridized carbons (Fsp3) is 0.370. The quantitative estimate of drug-likeness (QED) is 0.631. The summed E-state index contributed by atoms with van der Waals surface area (Å²) in [4.78, 5) is 35.5. The Morgan fingerprint density at radius 3 is 2.52 bits per heavy atom. The second-order valence-corrected chi connectivity index (χ2v) is 9.53. The highest BCUT2D eigenvalue weighted by atomic mass is 16.3. The number of H-pyrrole nitrogens is 1. The molecule has 1 saturated carbocycles. The lowest BCUT2D eigenvalue weighted by atomic mass is 9.94. The molecule has 2 aromatic carbocycles. The number of nitrogens with one attached hydrogen (secondary N) is 1. The van der Waals surface area contributed by atoms with Gasteiger partial charge in [0, 0.05) is 13.0 Å². The number of rotatable bonds is 5. The molecule has 5 rings (SSSR count). The Morgan fingerprint density at radius 1 is 1.09 bits per heavy atom. The minimum absolute atomic E-state index is 0.163. The number of carbonyl (C=O) groups excluding carboxylic acids is 1. The van der Waals surface area contributed by atoms with E-state index in [0.29, 0.717) is 30.0 Å². The van der Waals surface area contributed by atoms with Crippen molar-refractivity contribution in [3.8, 4) is 0 Å². The lowest BCUT2D eigenvalue weighted by Crippen LogP contribution is -2.42. The predicted molar refractivity (Wildman–Crippen MR) is 126 cm³/mol. The lowest BCUT2D eigenvalue weighted by molar-refractivity contribution is -0.141. The van der Waals surface area contributed by atoms with Gasteiger partial charge < -0.3 is 15.0 Å². The average Bonchev–Trinajstić information content (AvgIpc) is 3.66. The molecule has 0 radical (unpaired) electrons. The van der Waals surface area contributed by atoms with Gasteiger partial charge >= 0.3 is 0 Å². The van der Waals surface area contributed by atoms with E-state index >= 15 is 0 Å². The van der Waals surface area contributed by atoms with E-state index in [1.807, 2.05) is 36.4 Å². The summed E-state index contributed by atoms with van der Waals surface area (Å²) in [5.41, 5.74) is 3.71. The number of hydrogen-bond acceptors (Lipinski definition) is 4. The second-order valence-electron chi connectivity index (χ2n) is 9.53. The normalized spacial score (nSPS) is 17.5. The predicted octanol–water partition coefficient (Wildman–Crippen LogP) is 3.59. The van der Waals surface area contributed by atoms with Crippen LogP contribution in [0.4, 0.5) is 0 Å². The van der Waals surface area contributed by atoms with Crippen LogP contribution in [-0.4, -0.2) is 32.4 Å². The smallest absolute Gasteiger partial charge is 0.256 e. The van der Waals surface area contributed by atoms with Gasteiger partial charge in [0.2, 0.25) is 0 Å². The van der Waals surface area contributed by atoms with Crippen LogP contribution in [-0.2, 0) is 23.2 Å². The van der Waals surface area contributed by atoms with Crippen LogP contribution < -0.4 is 5.56 Å². The summed E-state index contributed by atoms with van der Waals surface area (Å²) >= 11 is 0. The first kappa shape index (κ1) is 21.6. The number of aromatic nitrogens is 2. The van der Waals surface area contributed by atoms with Crippen molar-refractivity contribution in [2.45, 2.75) is 57.1 Å². The van der Waals surface area contributed by atoms with Crippen molar-refractivity contribution in [3.05, 3.63) is 98.7 Å². The van der Waals surface area contributed by atoms with E-state index < -0.39 is 6.10 Å². The summed E-state index contributed by atoms with van der Waals surface area (Å²) in [6.45, 7) is 4.75. The minimum Gasteiger partial charge on any atom is -0.378 e. The molecule has 1 aliphatic carbocycles. The third kappa shape index (κ3) is 3.89. The number of hydrogen-bond donors (Lipinski definition) is 2. The summed E-state index contributed by atoms with van der Waals surface area (Å²) < 4.78 is 0. The Kier molecular flexibility index (Phi) is 5.41. The molecule has 0 spiro atoms. The first-order chi connectivity index (χ1) is 15.9. The molecule has 170 valence electrons. The van der Waals surface area contributed by atoms with Crippen molar-refractivity contribution in [1.29, 1.82) is 0 Å². The Labute approximate surface area is 193 Å². The number of aromatic amines is 1. The van der Waals surface area contributed by atoms with Gasteiger partial charge in [-0.25, -0.2) is 4.98 Å². The zero-order valence-corrected chi connectivity index (χ0v) is 19.0. The van der Waals surface area contributed by atoms with Gasteiger partial charge in [-0.2, -0.15) is 0 Å². The first-order valence-corrected chi connectivity index (χ1v) is 11.6. The number of nitrogens with zero attached hydrogens (tertiary/aromatic N) is 2. The summed E-state index contributed by atoms with van der Waals surface area (Å²) in [5, 5.41) is 10.8. The van der Waals surface area contributed by atoms with Gasteiger partial charge in [-0.15, -0.1) is 0 Å². The average molecular weight is 444 g/mol. The van der Waals surface area contributed by atoms with Gasteiger partial charge in [-0.3, -0.25) is 9.59 Å². The van der Waals surface area contributed by atoms with Gasteiger partial charge in [0.1, 0.15) is 5.82 Å². The van der Waals surface area contributed by atoms with Gasteiger partial charge in [-0.05, 0) is 35.4 Å². The third-order valence-electron chi connectivity index (χ3n) is 7.04. The van der Waals surface area contributed by atoms with E-state index in [1.165, 1.54) is 5.56 Å². The highest BCUT2D eigenvalue weighted by Gasteiger charge is 2.48. The number of carbonyl (C=O) groups is 1. The third-order valence-corrected chi connectivity index (χ3v) is 7.04. The van der Waals surface area contributed by atoms with Crippen LogP contribution in [0.2, 0.25) is 0 Å². The number of aliphatic hydroxyl groups excluding tert-OH is 1. The molecule has 1 unspecified atom stereocenters. The van der Waals surface area contributed by atoms with Gasteiger partial charge in [-0.1, -0.05) is 68.4 Å². The van der Waals surface area contributed by atoms with E-state index in [1.54, 1.807) is 11.0 Å². The number of benzene rings is 2. The van der Waals surface area contributed by atoms with E-state index in [2.05, 4.69) is 31.0 Å². The van der Waals surface area contributed by atoms with Gasteiger partial charge in [0.25, 0.3) is 11.5 Å². The zero-order valence-electron chi connectivity index (χ0n) is 19.0. The lowest BCUT2D eigenvalue weighted by Gasteiger charge is -2.30. The molecular formula is C27H29N3O3. The van der Waals surface area contributed by atoms with Crippen molar-refractivity contribution < 1.29 is 9.90 Å². The summed E-state index contributed by atoms with van der Waals surface area (Å²) in [5.74, 6) is 0.648. The van der Waals surface area contributed by atoms with E-state index in [9.17, 15) is 14.7 Å². The molecule has 2 heterocycles. The second kappa shape index (κ2) is 8.27. The standard InChI is InChI=1S/C27H29N3O3/c1-17(2)18-7-6-8-19(15-18)23(31)25(33)30-14-11-22-21(16-30)24(32)29-26(28-22)27(12-13-27)20-9-4-3-5-10-20/h3-10,15,17,23,31H,11-14,16H2,1-2H3,(H,28,29,32). The Balaban J connectivity index is 1.38. The van der Waals surface area contributed by atoms with Crippen molar-refractivity contribution in [2.75, 3.05) is 6.54 Å². The molecule has 1 fully saturated rings. The maximum Gasteiger partial charge on any atom is 0.256 e. The Hall–Kier alpha value is -3.25. The van der Waals surface area contributed by atoms with Crippen LogP contribution in [0.3, 0.4) is 0 Å². The molecule has 1 amide bonds. The molecular weight excluding hydrogens is 414 g/mol. The SMILES string of the molecule is CC(C)c1cccc(C(O)C(=O)N2CCc3nc(C4(c5ccccc5)CC4)[nH]c(=O)c3C2)c1. The monoisotopic (exact) mass is 443 g/mol. The van der Waals surface area contributed by atoms with Gasteiger partial charge in [0.05, 0.1) is 23.2 Å². The van der Waals surface area contributed by atoms with Crippen molar-refractivity contribution >= 4 is 5.91 Å². The molecule has 3 aromatic rings. The molecule has 2 aliphatic rings. The maximum absolute atomic E-state index is 13.1. The maximum atomic E-state index is 13.1.